The van der Waals surface area contributed by atoms with Crippen molar-refractivity contribution < 1.29 is 23.5 Å². The molecular weight excluding hydrogens is 430 g/mol. The number of rotatable bonds is 9. The van der Waals surface area contributed by atoms with E-state index >= 15 is 0 Å². The van der Waals surface area contributed by atoms with Gasteiger partial charge < -0.3 is 19.2 Å². The minimum absolute atomic E-state index is 0.0793. The number of fused-ring (bicyclic) bond motifs is 1. The van der Waals surface area contributed by atoms with Crippen LogP contribution in [-0.2, 0) is 0 Å². The highest BCUT2D eigenvalue weighted by Gasteiger charge is 2.24. The maximum atomic E-state index is 13.3. The van der Waals surface area contributed by atoms with E-state index in [9.17, 15) is 9.59 Å². The second kappa shape index (κ2) is 10.3. The molecule has 0 spiro atoms. The van der Waals surface area contributed by atoms with Crippen molar-refractivity contribution >= 4 is 28.3 Å². The van der Waals surface area contributed by atoms with Gasteiger partial charge in [0, 0.05) is 16.5 Å². The molecule has 6 nitrogen and oxygen atoms in total. The summed E-state index contributed by atoms with van der Waals surface area (Å²) in [5, 5.41) is 3.54. The molecule has 0 saturated heterocycles. The minimum atomic E-state index is -0.345. The number of ether oxygens (including phenoxy) is 2. The molecule has 6 heteroatoms. The predicted octanol–water partition coefficient (Wildman–Crippen LogP) is 6.35. The van der Waals surface area contributed by atoms with E-state index in [4.69, 9.17) is 13.9 Å². The van der Waals surface area contributed by atoms with E-state index in [0.717, 1.165) is 0 Å². The van der Waals surface area contributed by atoms with Crippen molar-refractivity contribution in [2.75, 3.05) is 18.5 Å². The first kappa shape index (κ1) is 23.1. The van der Waals surface area contributed by atoms with Crippen LogP contribution in [0.15, 0.2) is 77.2 Å². The lowest BCUT2D eigenvalue weighted by atomic mass is 10.1. The Labute approximate surface area is 198 Å². The van der Waals surface area contributed by atoms with E-state index in [1.807, 2.05) is 25.1 Å². The quantitative estimate of drug-likeness (QED) is 0.296. The number of hydrogen-bond acceptors (Lipinski definition) is 5. The van der Waals surface area contributed by atoms with Gasteiger partial charge in [0.05, 0.1) is 18.9 Å². The lowest BCUT2D eigenvalue weighted by molar-refractivity contribution is 0.101. The Balaban J connectivity index is 1.61. The first-order valence-electron chi connectivity index (χ1n) is 11.3. The van der Waals surface area contributed by atoms with Gasteiger partial charge in [0.25, 0.3) is 5.91 Å². The first-order valence-corrected chi connectivity index (χ1v) is 11.3. The zero-order valence-electron chi connectivity index (χ0n) is 19.5. The number of carbonyl (C=O) groups is 2. The molecule has 1 amide bonds. The molecule has 0 aliphatic heterocycles. The summed E-state index contributed by atoms with van der Waals surface area (Å²) in [4.78, 5) is 26.3. The molecule has 0 unspecified atom stereocenters. The van der Waals surface area contributed by atoms with Gasteiger partial charge in [-0.15, -0.1) is 0 Å². The van der Waals surface area contributed by atoms with Crippen molar-refractivity contribution in [1.29, 1.82) is 0 Å². The number of amides is 1. The van der Waals surface area contributed by atoms with Crippen LogP contribution in [0.2, 0.25) is 0 Å². The van der Waals surface area contributed by atoms with Crippen LogP contribution in [0.4, 0.5) is 5.69 Å². The Morgan fingerprint density at radius 3 is 2.12 bits per heavy atom. The van der Waals surface area contributed by atoms with Crippen LogP contribution in [0.3, 0.4) is 0 Å². The highest BCUT2D eigenvalue weighted by atomic mass is 16.5. The third kappa shape index (κ3) is 5.12. The maximum Gasteiger partial charge on any atom is 0.255 e. The Kier molecular flexibility index (Phi) is 6.97. The second-order valence-corrected chi connectivity index (χ2v) is 8.27. The number of furan rings is 1. The summed E-state index contributed by atoms with van der Waals surface area (Å²) in [5.41, 5.74) is 1.75. The highest BCUT2D eigenvalue weighted by molar-refractivity contribution is 6.18. The summed E-state index contributed by atoms with van der Waals surface area (Å²) in [6.45, 7) is 7.18. The Morgan fingerprint density at radius 2 is 1.47 bits per heavy atom. The van der Waals surface area contributed by atoms with E-state index in [0.29, 0.717) is 58.4 Å². The van der Waals surface area contributed by atoms with Gasteiger partial charge in [-0.25, -0.2) is 0 Å². The summed E-state index contributed by atoms with van der Waals surface area (Å²) in [7, 11) is 0. The molecule has 1 aromatic heterocycles. The van der Waals surface area contributed by atoms with Crippen LogP contribution in [0.1, 0.15) is 47.2 Å². The summed E-state index contributed by atoms with van der Waals surface area (Å²) < 4.78 is 17.0. The van der Waals surface area contributed by atoms with Crippen molar-refractivity contribution in [2.45, 2.75) is 20.8 Å². The molecule has 0 atom stereocenters. The normalized spacial score (nSPS) is 10.9. The fourth-order valence-electron chi connectivity index (χ4n) is 3.48. The molecular formula is C28H27NO5. The number of ketones is 1. The third-order valence-corrected chi connectivity index (χ3v) is 5.17. The van der Waals surface area contributed by atoms with E-state index in [2.05, 4.69) is 19.2 Å². The number of anilines is 1. The molecule has 4 rings (SSSR count). The largest absolute Gasteiger partial charge is 0.494 e. The topological polar surface area (TPSA) is 77.8 Å². The van der Waals surface area contributed by atoms with Crippen molar-refractivity contribution in [1.82, 2.24) is 0 Å². The molecule has 0 aliphatic carbocycles. The number of para-hydroxylation sites is 1. The summed E-state index contributed by atoms with van der Waals surface area (Å²) in [6.07, 6.45) is 0. The Hall–Kier alpha value is -4.06. The Morgan fingerprint density at radius 1 is 0.853 bits per heavy atom. The number of carbonyl (C=O) groups excluding carboxylic acids is 2. The zero-order chi connectivity index (χ0) is 24.1. The fourth-order valence-corrected chi connectivity index (χ4v) is 3.48. The van der Waals surface area contributed by atoms with Crippen LogP contribution in [0.25, 0.3) is 11.0 Å². The van der Waals surface area contributed by atoms with Gasteiger partial charge in [0.2, 0.25) is 5.78 Å². The van der Waals surface area contributed by atoms with E-state index < -0.39 is 0 Å². The zero-order valence-corrected chi connectivity index (χ0v) is 19.5. The van der Waals surface area contributed by atoms with Gasteiger partial charge in [-0.2, -0.15) is 0 Å². The number of hydrogen-bond donors (Lipinski definition) is 1. The Bertz CT molecular complexity index is 1290. The molecule has 0 bridgehead atoms. The van der Waals surface area contributed by atoms with Crippen LogP contribution < -0.4 is 14.8 Å². The monoisotopic (exact) mass is 457 g/mol. The third-order valence-electron chi connectivity index (χ3n) is 5.17. The van der Waals surface area contributed by atoms with Crippen molar-refractivity contribution in [3.63, 3.8) is 0 Å². The molecule has 1 N–H and O–H groups in total. The molecule has 4 aromatic rings. The van der Waals surface area contributed by atoms with Gasteiger partial charge in [0.15, 0.2) is 5.76 Å². The molecule has 3 aromatic carbocycles. The maximum absolute atomic E-state index is 13.3. The fraction of sp³-hybridized carbons (Fsp3) is 0.214. The van der Waals surface area contributed by atoms with Crippen LogP contribution in [-0.4, -0.2) is 24.9 Å². The second-order valence-electron chi connectivity index (χ2n) is 8.27. The lowest BCUT2D eigenvalue weighted by Crippen LogP contribution is -2.14. The van der Waals surface area contributed by atoms with Gasteiger partial charge >= 0.3 is 0 Å². The highest BCUT2D eigenvalue weighted by Crippen LogP contribution is 2.33. The lowest BCUT2D eigenvalue weighted by Gasteiger charge is -2.10. The van der Waals surface area contributed by atoms with E-state index in [1.165, 1.54) is 0 Å². The van der Waals surface area contributed by atoms with Crippen molar-refractivity contribution in [3.8, 4) is 11.5 Å². The average molecular weight is 458 g/mol. The predicted molar refractivity (Wildman–Crippen MR) is 132 cm³/mol. The summed E-state index contributed by atoms with van der Waals surface area (Å²) >= 11 is 0. The molecule has 0 radical (unpaired) electrons. The minimum Gasteiger partial charge on any atom is -0.494 e. The standard InChI is InChI=1S/C28H27NO5/c1-4-32-21-13-9-19(10-14-21)26(30)27-25(23-7-5-6-8-24(23)34-27)29-28(31)20-11-15-22(16-12-20)33-17-18(2)3/h5-16,18H,4,17H2,1-3H3,(H,29,31). The van der Waals surface area contributed by atoms with Crippen molar-refractivity contribution in [3.05, 3.63) is 89.7 Å². The van der Waals surface area contributed by atoms with E-state index in [-0.39, 0.29) is 17.5 Å². The number of benzene rings is 3. The smallest absolute Gasteiger partial charge is 0.255 e. The summed E-state index contributed by atoms with van der Waals surface area (Å²) in [5.74, 6) is 1.19. The first-order chi connectivity index (χ1) is 16.5. The number of nitrogens with one attached hydrogen (secondary N) is 1. The van der Waals surface area contributed by atoms with Gasteiger partial charge in [-0.05, 0) is 73.5 Å². The van der Waals surface area contributed by atoms with Crippen LogP contribution in [0, 0.1) is 5.92 Å². The van der Waals surface area contributed by atoms with Crippen LogP contribution in [0.5, 0.6) is 11.5 Å². The molecule has 0 fully saturated rings. The SMILES string of the molecule is CCOc1ccc(C(=O)c2oc3ccccc3c2NC(=O)c2ccc(OCC(C)C)cc2)cc1. The molecule has 34 heavy (non-hydrogen) atoms. The van der Waals surface area contributed by atoms with Gasteiger partial charge in [0.1, 0.15) is 17.1 Å². The van der Waals surface area contributed by atoms with Crippen molar-refractivity contribution in [2.24, 2.45) is 5.92 Å². The molecule has 0 aliphatic rings. The van der Waals surface area contributed by atoms with Crippen LogP contribution >= 0.6 is 0 Å². The summed E-state index contributed by atoms with van der Waals surface area (Å²) in [6, 6.07) is 21.0. The van der Waals surface area contributed by atoms with Gasteiger partial charge in [-0.3, -0.25) is 9.59 Å². The molecule has 0 saturated carbocycles. The average Bonchev–Trinajstić information content (AvgIpc) is 3.21. The van der Waals surface area contributed by atoms with E-state index in [1.54, 1.807) is 54.6 Å². The molecule has 174 valence electrons. The van der Waals surface area contributed by atoms with Gasteiger partial charge in [-0.1, -0.05) is 26.0 Å². The molecule has 1 heterocycles.